The fourth-order valence-corrected chi connectivity index (χ4v) is 9.49. The zero-order chi connectivity index (χ0) is 39.3. The second kappa shape index (κ2) is 17.2. The van der Waals surface area contributed by atoms with Gasteiger partial charge >= 0.3 is 5.97 Å². The number of nitrogens with zero attached hydrogens (tertiary/aromatic N) is 2. The van der Waals surface area contributed by atoms with Gasteiger partial charge in [0.05, 0.1) is 19.0 Å². The molecule has 3 aliphatic heterocycles. The Morgan fingerprint density at radius 3 is 2.56 bits per heavy atom. The van der Waals surface area contributed by atoms with Crippen LogP contribution in [0.3, 0.4) is 0 Å². The predicted octanol–water partition coefficient (Wildman–Crippen LogP) is 4.84. The number of nitrogens with one attached hydrogen (secondary N) is 1. The van der Waals surface area contributed by atoms with Gasteiger partial charge in [-0.3, -0.25) is 14.4 Å². The van der Waals surface area contributed by atoms with Crippen LogP contribution >= 0.6 is 0 Å². The number of cyclic esters (lactones) is 1. The summed E-state index contributed by atoms with van der Waals surface area (Å²) in [5, 5.41) is 26.0. The number of aromatic nitrogens is 1. The molecule has 6 rings (SSSR count). The number of carbonyl (C=O) groups excluding carboxylic acids is 3. The van der Waals surface area contributed by atoms with Gasteiger partial charge in [-0.2, -0.15) is 0 Å². The van der Waals surface area contributed by atoms with Crippen LogP contribution in [0.15, 0.2) is 59.4 Å². The number of fused-ring (bicyclic) bond motifs is 5. The molecule has 3 aliphatic rings. The number of methoxy groups -OCH3 is 1. The number of hydrogen-bond donors (Lipinski definition) is 3. The van der Waals surface area contributed by atoms with Crippen LogP contribution in [0.25, 0.3) is 6.08 Å². The van der Waals surface area contributed by atoms with Crippen LogP contribution in [-0.4, -0.2) is 83.8 Å². The number of pyridine rings is 1. The molecule has 0 aliphatic carbocycles. The molecule has 2 aromatic carbocycles. The van der Waals surface area contributed by atoms with E-state index in [2.05, 4.69) is 5.32 Å². The molecule has 0 saturated carbocycles. The predicted molar refractivity (Wildman–Crippen MR) is 206 cm³/mol. The van der Waals surface area contributed by atoms with Gasteiger partial charge in [0.15, 0.2) is 0 Å². The van der Waals surface area contributed by atoms with Crippen LogP contribution in [0.4, 0.5) is 0 Å². The molecular weight excluding hydrogens is 727 g/mol. The number of Topliss-reactive ketones (excluding diaryl/α,β-unsaturated/α-hetero) is 1. The lowest BCUT2D eigenvalue weighted by molar-refractivity contribution is -0.121. The van der Waals surface area contributed by atoms with Gasteiger partial charge in [-0.05, 0) is 80.3 Å². The number of sulfonamides is 1. The number of benzene rings is 2. The molecule has 4 unspecified atom stereocenters. The summed E-state index contributed by atoms with van der Waals surface area (Å²) in [6.07, 6.45) is 6.29. The fraction of sp³-hybridized carbons (Fsp3) is 0.463. The van der Waals surface area contributed by atoms with Crippen LogP contribution < -0.4 is 15.6 Å². The Bertz CT molecular complexity index is 2110. The molecule has 294 valence electrons. The van der Waals surface area contributed by atoms with Gasteiger partial charge in [0.1, 0.15) is 28.6 Å². The number of hydrogen-bond acceptors (Lipinski definition) is 10. The zero-order valence-electron chi connectivity index (χ0n) is 31.2. The van der Waals surface area contributed by atoms with Crippen LogP contribution in [0.5, 0.6) is 17.2 Å². The SMILES string of the molecule is COc1ccc(C(CC(=O)NCCS(=O)(=O)N2CC3CC(C2)c2cccc(=O)n2C3)c2c(O)cc3c(c2O)C(=O)OC(C)CCCC(=O)CCCC=C3)cc1. The molecule has 1 fully saturated rings. The van der Waals surface area contributed by atoms with Crippen molar-refractivity contribution in [3.8, 4) is 17.2 Å². The van der Waals surface area contributed by atoms with E-state index in [1.54, 1.807) is 54.0 Å². The van der Waals surface area contributed by atoms with Gasteiger partial charge in [0, 0.05) is 74.6 Å². The molecule has 3 N–H and O–H groups in total. The topological polar surface area (TPSA) is 182 Å². The standard InChI is InChI=1S/C41H49N3O10S/c1-26-8-6-11-31(45)10-5-3-4-9-29-21-35(46)39(40(49)38(29)41(50)54-26)33(28-14-16-32(53-2)17-15-28)22-36(47)42-18-19-55(51,52)43-23-27-20-30(25-43)34-12-7-13-37(48)44(34)24-27/h4,7,9,12-17,21,26-27,30,33,46,49H,3,5-6,8,10-11,18-20,22-25H2,1-2H3,(H,42,47). The van der Waals surface area contributed by atoms with Crippen molar-refractivity contribution in [2.75, 3.05) is 32.5 Å². The number of aromatic hydroxyl groups is 2. The minimum absolute atomic E-state index is 0.00472. The molecule has 55 heavy (non-hydrogen) atoms. The van der Waals surface area contributed by atoms with Gasteiger partial charge in [-0.25, -0.2) is 17.5 Å². The maximum absolute atomic E-state index is 13.7. The summed E-state index contributed by atoms with van der Waals surface area (Å²) in [6.45, 7) is 2.54. The molecule has 2 bridgehead atoms. The van der Waals surface area contributed by atoms with Crippen molar-refractivity contribution in [3.63, 3.8) is 0 Å². The number of esters is 1. The number of phenols is 2. The first-order valence-electron chi connectivity index (χ1n) is 18.9. The van der Waals surface area contributed by atoms with Gasteiger partial charge in [-0.15, -0.1) is 0 Å². The Kier molecular flexibility index (Phi) is 12.5. The highest BCUT2D eigenvalue weighted by Gasteiger charge is 2.39. The number of allylic oxidation sites excluding steroid dienone is 1. The van der Waals surface area contributed by atoms with Crippen LogP contribution in [0, 0.1) is 5.92 Å². The molecule has 4 heterocycles. The van der Waals surface area contributed by atoms with E-state index in [0.29, 0.717) is 62.9 Å². The smallest absolute Gasteiger partial charge is 0.342 e. The molecule has 14 heteroatoms. The van der Waals surface area contributed by atoms with E-state index in [4.69, 9.17) is 9.47 Å². The summed E-state index contributed by atoms with van der Waals surface area (Å²) in [4.78, 5) is 51.9. The maximum atomic E-state index is 13.7. The minimum Gasteiger partial charge on any atom is -0.507 e. The molecule has 0 radical (unpaired) electrons. The second-order valence-electron chi connectivity index (χ2n) is 14.8. The van der Waals surface area contributed by atoms with E-state index in [0.717, 1.165) is 12.1 Å². The summed E-state index contributed by atoms with van der Waals surface area (Å²) in [5.74, 6) is -2.95. The Hall–Kier alpha value is -4.95. The number of carbonyl (C=O) groups is 3. The van der Waals surface area contributed by atoms with Gasteiger partial charge < -0.3 is 29.6 Å². The van der Waals surface area contributed by atoms with E-state index in [9.17, 15) is 37.8 Å². The normalized spacial score (nSPS) is 21.4. The van der Waals surface area contributed by atoms with E-state index < -0.39 is 39.7 Å². The minimum atomic E-state index is -3.77. The summed E-state index contributed by atoms with van der Waals surface area (Å²) in [7, 11) is -2.26. The molecule has 1 saturated heterocycles. The molecular formula is C41H49N3O10S. The third kappa shape index (κ3) is 9.30. The van der Waals surface area contributed by atoms with Gasteiger partial charge in [-0.1, -0.05) is 30.4 Å². The molecule has 0 spiro atoms. The Morgan fingerprint density at radius 2 is 1.80 bits per heavy atom. The zero-order valence-corrected chi connectivity index (χ0v) is 32.1. The van der Waals surface area contributed by atoms with Crippen molar-refractivity contribution < 1.29 is 42.5 Å². The maximum Gasteiger partial charge on any atom is 0.342 e. The monoisotopic (exact) mass is 775 g/mol. The Labute approximate surface area is 321 Å². The van der Waals surface area contributed by atoms with E-state index in [1.807, 2.05) is 6.07 Å². The fourth-order valence-electron chi connectivity index (χ4n) is 8.03. The van der Waals surface area contributed by atoms with Crippen molar-refractivity contribution in [1.82, 2.24) is 14.2 Å². The third-order valence-electron chi connectivity index (χ3n) is 10.8. The van der Waals surface area contributed by atoms with Gasteiger partial charge in [0.2, 0.25) is 15.9 Å². The second-order valence-corrected chi connectivity index (χ2v) is 16.9. The number of ether oxygens (including phenoxy) is 2. The average molecular weight is 776 g/mol. The highest BCUT2D eigenvalue weighted by Crippen LogP contribution is 2.44. The number of ketones is 1. The molecule has 3 aromatic rings. The lowest BCUT2D eigenvalue weighted by atomic mass is 9.84. The number of piperidine rings is 1. The van der Waals surface area contributed by atoms with Crippen molar-refractivity contribution in [3.05, 3.63) is 92.9 Å². The summed E-state index contributed by atoms with van der Waals surface area (Å²) in [6, 6.07) is 13.2. The van der Waals surface area contributed by atoms with Crippen molar-refractivity contribution in [1.29, 1.82) is 0 Å². The lowest BCUT2D eigenvalue weighted by Gasteiger charge is -2.42. The highest BCUT2D eigenvalue weighted by molar-refractivity contribution is 7.89. The molecule has 4 atom stereocenters. The van der Waals surface area contributed by atoms with E-state index in [1.165, 1.54) is 23.5 Å². The molecule has 1 amide bonds. The summed E-state index contributed by atoms with van der Waals surface area (Å²) in [5.41, 5.74) is 1.27. The van der Waals surface area contributed by atoms with Crippen molar-refractivity contribution in [2.45, 2.75) is 82.8 Å². The lowest BCUT2D eigenvalue weighted by Crippen LogP contribution is -2.50. The van der Waals surface area contributed by atoms with Gasteiger partial charge in [0.25, 0.3) is 5.56 Å². The van der Waals surface area contributed by atoms with Crippen molar-refractivity contribution >= 4 is 33.8 Å². The first kappa shape index (κ1) is 39.7. The first-order chi connectivity index (χ1) is 26.3. The number of amides is 1. The number of rotatable bonds is 9. The molecule has 13 nitrogen and oxygen atoms in total. The van der Waals surface area contributed by atoms with E-state index in [-0.39, 0.29) is 70.9 Å². The summed E-state index contributed by atoms with van der Waals surface area (Å²) < 4.78 is 41.3. The van der Waals surface area contributed by atoms with E-state index >= 15 is 0 Å². The largest absolute Gasteiger partial charge is 0.507 e. The average Bonchev–Trinajstić information content (AvgIpc) is 3.14. The Morgan fingerprint density at radius 1 is 1.04 bits per heavy atom. The molecule has 1 aromatic heterocycles. The van der Waals surface area contributed by atoms with Crippen LogP contribution in [-0.2, 0) is 30.9 Å². The quantitative estimate of drug-likeness (QED) is 0.255. The first-order valence-corrected chi connectivity index (χ1v) is 20.5. The number of phenolic OH excluding ortho intramolecular Hbond substituents is 2. The third-order valence-corrected chi connectivity index (χ3v) is 12.6. The highest BCUT2D eigenvalue weighted by atomic mass is 32.2. The Balaban J connectivity index is 1.22. The summed E-state index contributed by atoms with van der Waals surface area (Å²) >= 11 is 0. The van der Waals surface area contributed by atoms with Crippen LogP contribution in [0.1, 0.15) is 103 Å². The van der Waals surface area contributed by atoms with Crippen LogP contribution in [0.2, 0.25) is 0 Å². The van der Waals surface area contributed by atoms with Crippen molar-refractivity contribution in [2.24, 2.45) is 5.92 Å².